The van der Waals surface area contributed by atoms with Gasteiger partial charge in [-0.25, -0.2) is 0 Å². The molecule has 0 saturated heterocycles. The molecule has 2 aromatic rings. The van der Waals surface area contributed by atoms with Crippen molar-refractivity contribution in [1.82, 2.24) is 5.32 Å². The summed E-state index contributed by atoms with van der Waals surface area (Å²) in [6.45, 7) is 4.93. The lowest BCUT2D eigenvalue weighted by Crippen LogP contribution is -2.05. The van der Waals surface area contributed by atoms with Crippen LogP contribution in [0.3, 0.4) is 0 Å². The summed E-state index contributed by atoms with van der Waals surface area (Å²) in [5.74, 6) is 0.933. The monoisotopic (exact) mass is 289 g/mol. The van der Waals surface area contributed by atoms with Crippen LogP contribution in [-0.4, -0.2) is 14.2 Å². The number of ether oxygens (including phenoxy) is 1. The molecule has 0 unspecified atom stereocenters. The number of nitrogens with one attached hydrogen (secondary N) is 1. The highest BCUT2D eigenvalue weighted by Gasteiger charge is 2.11. The molecule has 2 nitrogen and oxygen atoms in total. The highest BCUT2D eigenvalue weighted by molar-refractivity contribution is 6.31. The van der Waals surface area contributed by atoms with Crippen molar-refractivity contribution in [3.63, 3.8) is 0 Å². The van der Waals surface area contributed by atoms with Gasteiger partial charge in [0.05, 0.1) is 7.11 Å². The Kier molecular flexibility index (Phi) is 4.69. The number of hydrogen-bond donors (Lipinski definition) is 1. The molecule has 0 bridgehead atoms. The van der Waals surface area contributed by atoms with Crippen LogP contribution < -0.4 is 10.1 Å². The van der Waals surface area contributed by atoms with Gasteiger partial charge < -0.3 is 10.1 Å². The van der Waals surface area contributed by atoms with Gasteiger partial charge in [-0.3, -0.25) is 0 Å². The fourth-order valence-corrected chi connectivity index (χ4v) is 2.53. The third kappa shape index (κ3) is 2.82. The summed E-state index contributed by atoms with van der Waals surface area (Å²) < 4.78 is 5.59. The first kappa shape index (κ1) is 14.9. The maximum atomic E-state index is 6.22. The highest BCUT2D eigenvalue weighted by Crippen LogP contribution is 2.35. The van der Waals surface area contributed by atoms with Gasteiger partial charge in [-0.2, -0.15) is 0 Å². The van der Waals surface area contributed by atoms with Crippen molar-refractivity contribution in [1.29, 1.82) is 0 Å². The number of hydrogen-bond acceptors (Lipinski definition) is 2. The quantitative estimate of drug-likeness (QED) is 0.903. The van der Waals surface area contributed by atoms with Gasteiger partial charge in [0.2, 0.25) is 0 Å². The van der Waals surface area contributed by atoms with Crippen LogP contribution >= 0.6 is 11.6 Å². The van der Waals surface area contributed by atoms with Gasteiger partial charge in [0.15, 0.2) is 0 Å². The Labute approximate surface area is 125 Å². The molecule has 0 radical (unpaired) electrons. The summed E-state index contributed by atoms with van der Waals surface area (Å²) >= 11 is 6.22. The molecule has 20 heavy (non-hydrogen) atoms. The topological polar surface area (TPSA) is 21.3 Å². The maximum absolute atomic E-state index is 6.22. The molecule has 2 rings (SSSR count). The van der Waals surface area contributed by atoms with Crippen LogP contribution in [0.2, 0.25) is 5.02 Å². The lowest BCUT2D eigenvalue weighted by atomic mass is 9.97. The minimum Gasteiger partial charge on any atom is -0.496 e. The van der Waals surface area contributed by atoms with Crippen molar-refractivity contribution >= 4 is 11.6 Å². The zero-order chi connectivity index (χ0) is 14.7. The van der Waals surface area contributed by atoms with E-state index in [-0.39, 0.29) is 0 Å². The summed E-state index contributed by atoms with van der Waals surface area (Å²) in [6.07, 6.45) is 0. The molecule has 0 amide bonds. The maximum Gasteiger partial charge on any atom is 0.129 e. The van der Waals surface area contributed by atoms with Crippen LogP contribution in [0, 0.1) is 13.8 Å². The predicted octanol–water partition coefficient (Wildman–Crippen LogP) is 4.35. The standard InChI is InChI=1S/C17H20ClNO/c1-11-5-7-15(17(20-4)12(11)2)13-6-8-16(18)14(9-13)10-19-3/h5-9,19H,10H2,1-4H3. The fraction of sp³-hybridized carbons (Fsp3) is 0.294. The third-order valence-electron chi connectivity index (χ3n) is 3.60. The van der Waals surface area contributed by atoms with Gasteiger partial charge in [0.1, 0.15) is 5.75 Å². The summed E-state index contributed by atoms with van der Waals surface area (Å²) in [7, 11) is 3.63. The van der Waals surface area contributed by atoms with E-state index in [1.165, 1.54) is 11.1 Å². The molecule has 0 aliphatic carbocycles. The van der Waals surface area contributed by atoms with Gasteiger partial charge in [-0.05, 0) is 55.3 Å². The number of methoxy groups -OCH3 is 1. The van der Waals surface area contributed by atoms with Crippen LogP contribution in [0.1, 0.15) is 16.7 Å². The van der Waals surface area contributed by atoms with E-state index in [9.17, 15) is 0 Å². The van der Waals surface area contributed by atoms with Crippen LogP contribution in [0.15, 0.2) is 30.3 Å². The molecular formula is C17H20ClNO. The second-order valence-electron chi connectivity index (χ2n) is 4.92. The lowest BCUT2D eigenvalue weighted by molar-refractivity contribution is 0.413. The fourth-order valence-electron chi connectivity index (χ4n) is 2.35. The van der Waals surface area contributed by atoms with E-state index in [2.05, 4.69) is 37.4 Å². The van der Waals surface area contributed by atoms with Crippen LogP contribution in [-0.2, 0) is 6.54 Å². The van der Waals surface area contributed by atoms with E-state index in [4.69, 9.17) is 16.3 Å². The molecule has 0 aliphatic rings. The highest BCUT2D eigenvalue weighted by atomic mass is 35.5. The first-order chi connectivity index (χ1) is 9.58. The molecular weight excluding hydrogens is 270 g/mol. The Bertz CT molecular complexity index is 623. The molecule has 0 aromatic heterocycles. The zero-order valence-corrected chi connectivity index (χ0v) is 13.1. The Morgan fingerprint density at radius 2 is 1.90 bits per heavy atom. The number of benzene rings is 2. The minimum atomic E-state index is 0.750. The zero-order valence-electron chi connectivity index (χ0n) is 12.4. The predicted molar refractivity (Wildman–Crippen MR) is 85.7 cm³/mol. The van der Waals surface area contributed by atoms with Crippen LogP contribution in [0.5, 0.6) is 5.75 Å². The van der Waals surface area contributed by atoms with Gasteiger partial charge in [-0.1, -0.05) is 29.8 Å². The summed E-state index contributed by atoms with van der Waals surface area (Å²) in [4.78, 5) is 0. The molecule has 2 aromatic carbocycles. The van der Waals surface area contributed by atoms with E-state index in [1.807, 2.05) is 19.2 Å². The molecule has 0 heterocycles. The SMILES string of the molecule is CNCc1cc(-c2ccc(C)c(C)c2OC)ccc1Cl. The normalized spacial score (nSPS) is 10.7. The molecule has 0 aliphatic heterocycles. The Morgan fingerprint density at radius 1 is 1.15 bits per heavy atom. The number of aryl methyl sites for hydroxylation is 1. The largest absolute Gasteiger partial charge is 0.496 e. The molecule has 106 valence electrons. The minimum absolute atomic E-state index is 0.750. The molecule has 0 spiro atoms. The summed E-state index contributed by atoms with van der Waals surface area (Å²) in [6, 6.07) is 10.3. The van der Waals surface area contributed by atoms with Crippen molar-refractivity contribution in [2.24, 2.45) is 0 Å². The first-order valence-electron chi connectivity index (χ1n) is 6.66. The van der Waals surface area contributed by atoms with E-state index < -0.39 is 0 Å². The summed E-state index contributed by atoms with van der Waals surface area (Å²) in [5, 5.41) is 3.92. The van der Waals surface area contributed by atoms with Crippen molar-refractivity contribution in [2.45, 2.75) is 20.4 Å². The number of halogens is 1. The van der Waals surface area contributed by atoms with E-state index in [0.29, 0.717) is 0 Å². The van der Waals surface area contributed by atoms with Crippen LogP contribution in [0.25, 0.3) is 11.1 Å². The molecule has 1 N–H and O–H groups in total. The van der Waals surface area contributed by atoms with Gasteiger partial charge in [0.25, 0.3) is 0 Å². The van der Waals surface area contributed by atoms with Crippen molar-refractivity contribution in [3.05, 3.63) is 52.0 Å². The van der Waals surface area contributed by atoms with E-state index in [1.54, 1.807) is 7.11 Å². The molecule has 0 atom stereocenters. The first-order valence-corrected chi connectivity index (χ1v) is 7.04. The van der Waals surface area contributed by atoms with Gasteiger partial charge >= 0.3 is 0 Å². The van der Waals surface area contributed by atoms with Crippen LogP contribution in [0.4, 0.5) is 0 Å². The molecule has 0 fully saturated rings. The molecule has 0 saturated carbocycles. The Morgan fingerprint density at radius 3 is 2.55 bits per heavy atom. The average Bonchev–Trinajstić information content (AvgIpc) is 2.44. The van der Waals surface area contributed by atoms with Crippen molar-refractivity contribution < 1.29 is 4.74 Å². The van der Waals surface area contributed by atoms with Gasteiger partial charge in [0, 0.05) is 17.1 Å². The van der Waals surface area contributed by atoms with E-state index >= 15 is 0 Å². The van der Waals surface area contributed by atoms with E-state index in [0.717, 1.165) is 34.0 Å². The number of rotatable bonds is 4. The third-order valence-corrected chi connectivity index (χ3v) is 3.97. The second kappa shape index (κ2) is 6.29. The smallest absolute Gasteiger partial charge is 0.129 e. The van der Waals surface area contributed by atoms with Gasteiger partial charge in [-0.15, -0.1) is 0 Å². The van der Waals surface area contributed by atoms with Crippen molar-refractivity contribution in [3.8, 4) is 16.9 Å². The molecule has 3 heteroatoms. The van der Waals surface area contributed by atoms with Crippen molar-refractivity contribution in [2.75, 3.05) is 14.2 Å². The average molecular weight is 290 g/mol. The summed E-state index contributed by atoms with van der Waals surface area (Å²) in [5.41, 5.74) is 5.72. The lowest BCUT2D eigenvalue weighted by Gasteiger charge is -2.15. The Balaban J connectivity index is 2.57. The second-order valence-corrected chi connectivity index (χ2v) is 5.33. The Hall–Kier alpha value is -1.51.